The van der Waals surface area contributed by atoms with Crippen LogP contribution in [0.4, 0.5) is 0 Å². The second-order valence-corrected chi connectivity index (χ2v) is 7.58. The second-order valence-electron chi connectivity index (χ2n) is 6.66. The second kappa shape index (κ2) is 9.75. The van der Waals surface area contributed by atoms with Crippen LogP contribution >= 0.6 is 15.9 Å². The summed E-state index contributed by atoms with van der Waals surface area (Å²) in [6.07, 6.45) is 3.52. The van der Waals surface area contributed by atoms with Gasteiger partial charge in [0.15, 0.2) is 0 Å². The van der Waals surface area contributed by atoms with E-state index >= 15 is 0 Å². The van der Waals surface area contributed by atoms with Crippen molar-refractivity contribution in [3.63, 3.8) is 0 Å². The number of methoxy groups -OCH3 is 2. The summed E-state index contributed by atoms with van der Waals surface area (Å²) in [7, 11) is 3.34. The lowest BCUT2D eigenvalue weighted by atomic mass is 10.1. The Balaban J connectivity index is 1.54. The zero-order chi connectivity index (χ0) is 19.9. The SMILES string of the molecule is COc1ccc(OC)c(CN2CCN(C(=O)/C=C/c3ccc(Br)cc3)CC2)c1. The van der Waals surface area contributed by atoms with E-state index in [0.29, 0.717) is 0 Å². The summed E-state index contributed by atoms with van der Waals surface area (Å²) in [5.41, 5.74) is 2.11. The first-order valence-electron chi connectivity index (χ1n) is 9.25. The molecule has 0 saturated carbocycles. The highest BCUT2D eigenvalue weighted by Crippen LogP contribution is 2.25. The molecule has 1 saturated heterocycles. The van der Waals surface area contributed by atoms with Gasteiger partial charge in [0.05, 0.1) is 14.2 Å². The van der Waals surface area contributed by atoms with Crippen LogP contribution in [0.25, 0.3) is 6.08 Å². The van der Waals surface area contributed by atoms with Crippen molar-refractivity contribution >= 4 is 27.9 Å². The first kappa shape index (κ1) is 20.4. The Morgan fingerprint density at radius 3 is 2.39 bits per heavy atom. The van der Waals surface area contributed by atoms with Gasteiger partial charge in [-0.05, 0) is 42.0 Å². The van der Waals surface area contributed by atoms with Gasteiger partial charge in [0.1, 0.15) is 11.5 Å². The molecular weight excluding hydrogens is 420 g/mol. The monoisotopic (exact) mass is 444 g/mol. The fraction of sp³-hybridized carbons (Fsp3) is 0.318. The van der Waals surface area contributed by atoms with E-state index < -0.39 is 0 Å². The maximum Gasteiger partial charge on any atom is 0.246 e. The number of carbonyl (C=O) groups is 1. The molecule has 0 N–H and O–H groups in total. The molecule has 2 aromatic rings. The molecule has 1 fully saturated rings. The van der Waals surface area contributed by atoms with Gasteiger partial charge >= 0.3 is 0 Å². The fourth-order valence-electron chi connectivity index (χ4n) is 3.22. The molecular formula is C22H25BrN2O3. The molecule has 1 amide bonds. The number of piperazine rings is 1. The Hall–Kier alpha value is -2.31. The topological polar surface area (TPSA) is 42.0 Å². The van der Waals surface area contributed by atoms with Crippen LogP contribution < -0.4 is 9.47 Å². The molecule has 0 aromatic heterocycles. The number of carbonyl (C=O) groups excluding carboxylic acids is 1. The molecule has 5 nitrogen and oxygen atoms in total. The normalized spacial score (nSPS) is 15.0. The van der Waals surface area contributed by atoms with Crippen molar-refractivity contribution in [2.24, 2.45) is 0 Å². The van der Waals surface area contributed by atoms with Gasteiger partial charge < -0.3 is 14.4 Å². The summed E-state index contributed by atoms with van der Waals surface area (Å²) in [5.74, 6) is 1.74. The van der Waals surface area contributed by atoms with Crippen LogP contribution in [0.3, 0.4) is 0 Å². The predicted molar refractivity (Wildman–Crippen MR) is 115 cm³/mol. The van der Waals surface area contributed by atoms with Gasteiger partial charge in [-0.1, -0.05) is 28.1 Å². The van der Waals surface area contributed by atoms with Crippen molar-refractivity contribution in [3.8, 4) is 11.5 Å². The molecule has 148 valence electrons. The van der Waals surface area contributed by atoms with E-state index in [1.165, 1.54) is 0 Å². The largest absolute Gasteiger partial charge is 0.497 e. The summed E-state index contributed by atoms with van der Waals surface area (Å²) in [4.78, 5) is 16.7. The molecule has 1 aliphatic heterocycles. The van der Waals surface area contributed by atoms with Gasteiger partial charge in [0.2, 0.25) is 5.91 Å². The van der Waals surface area contributed by atoms with Crippen LogP contribution in [-0.4, -0.2) is 56.1 Å². The summed E-state index contributed by atoms with van der Waals surface area (Å²) in [5, 5.41) is 0. The molecule has 0 unspecified atom stereocenters. The van der Waals surface area contributed by atoms with E-state index in [-0.39, 0.29) is 5.91 Å². The molecule has 1 aliphatic rings. The molecule has 6 heteroatoms. The van der Waals surface area contributed by atoms with Crippen LogP contribution in [0.5, 0.6) is 11.5 Å². The molecule has 28 heavy (non-hydrogen) atoms. The Morgan fingerprint density at radius 2 is 1.75 bits per heavy atom. The third kappa shape index (κ3) is 5.36. The van der Waals surface area contributed by atoms with Gasteiger partial charge in [-0.2, -0.15) is 0 Å². The molecule has 3 rings (SSSR count). The quantitative estimate of drug-likeness (QED) is 0.635. The highest BCUT2D eigenvalue weighted by atomic mass is 79.9. The lowest BCUT2D eigenvalue weighted by molar-refractivity contribution is -0.127. The fourth-order valence-corrected chi connectivity index (χ4v) is 3.48. The van der Waals surface area contributed by atoms with Crippen molar-refractivity contribution in [2.75, 3.05) is 40.4 Å². The first-order valence-corrected chi connectivity index (χ1v) is 10.0. The van der Waals surface area contributed by atoms with Crippen LogP contribution in [0.2, 0.25) is 0 Å². The minimum absolute atomic E-state index is 0.0570. The highest BCUT2D eigenvalue weighted by molar-refractivity contribution is 9.10. The number of rotatable bonds is 6. The number of benzene rings is 2. The van der Waals surface area contributed by atoms with Gasteiger partial charge in [0.25, 0.3) is 0 Å². The third-order valence-corrected chi connectivity index (χ3v) is 5.38. The maximum atomic E-state index is 12.5. The van der Waals surface area contributed by atoms with E-state index in [2.05, 4.69) is 20.8 Å². The van der Waals surface area contributed by atoms with Crippen LogP contribution in [0, 0.1) is 0 Å². The molecule has 1 heterocycles. The van der Waals surface area contributed by atoms with Crippen molar-refractivity contribution in [3.05, 3.63) is 64.1 Å². The highest BCUT2D eigenvalue weighted by Gasteiger charge is 2.20. The van der Waals surface area contributed by atoms with Crippen molar-refractivity contribution in [1.29, 1.82) is 0 Å². The number of hydrogen-bond donors (Lipinski definition) is 0. The smallest absolute Gasteiger partial charge is 0.246 e. The molecule has 2 aromatic carbocycles. The average Bonchev–Trinajstić information content (AvgIpc) is 2.73. The molecule has 0 atom stereocenters. The molecule has 0 bridgehead atoms. The number of hydrogen-bond acceptors (Lipinski definition) is 4. The van der Waals surface area contributed by atoms with E-state index in [9.17, 15) is 4.79 Å². The predicted octanol–water partition coefficient (Wildman–Crippen LogP) is 3.82. The first-order chi connectivity index (χ1) is 13.6. The van der Waals surface area contributed by atoms with E-state index in [4.69, 9.17) is 9.47 Å². The lowest BCUT2D eigenvalue weighted by Crippen LogP contribution is -2.47. The van der Waals surface area contributed by atoms with E-state index in [0.717, 1.165) is 59.8 Å². The van der Waals surface area contributed by atoms with Crippen molar-refractivity contribution in [2.45, 2.75) is 6.54 Å². The Morgan fingerprint density at radius 1 is 1.04 bits per heavy atom. The lowest BCUT2D eigenvalue weighted by Gasteiger charge is -2.34. The standard InChI is InChI=1S/C22H25BrN2O3/c1-27-20-8-9-21(28-2)18(15-20)16-24-11-13-25(14-12-24)22(26)10-5-17-3-6-19(23)7-4-17/h3-10,15H,11-14,16H2,1-2H3/b10-5+. The van der Waals surface area contributed by atoms with Crippen LogP contribution in [0.15, 0.2) is 53.0 Å². The summed E-state index contributed by atoms with van der Waals surface area (Å²) < 4.78 is 11.8. The number of nitrogens with zero attached hydrogens (tertiary/aromatic N) is 2. The molecule has 0 spiro atoms. The minimum Gasteiger partial charge on any atom is -0.497 e. The Bertz CT molecular complexity index is 828. The number of ether oxygens (including phenoxy) is 2. The molecule has 0 radical (unpaired) electrons. The van der Waals surface area contributed by atoms with Crippen LogP contribution in [-0.2, 0) is 11.3 Å². The Kier molecular flexibility index (Phi) is 7.12. The van der Waals surface area contributed by atoms with Crippen LogP contribution in [0.1, 0.15) is 11.1 Å². The zero-order valence-electron chi connectivity index (χ0n) is 16.2. The summed E-state index contributed by atoms with van der Waals surface area (Å²) >= 11 is 3.42. The Labute approximate surface area is 174 Å². The average molecular weight is 445 g/mol. The summed E-state index contributed by atoms with van der Waals surface area (Å²) in [6.45, 7) is 3.87. The van der Waals surface area contributed by atoms with Gasteiger partial charge in [0, 0.05) is 48.8 Å². The van der Waals surface area contributed by atoms with Gasteiger partial charge in [-0.25, -0.2) is 0 Å². The van der Waals surface area contributed by atoms with Gasteiger partial charge in [-0.3, -0.25) is 9.69 Å². The van der Waals surface area contributed by atoms with Gasteiger partial charge in [-0.15, -0.1) is 0 Å². The number of amides is 1. The third-order valence-electron chi connectivity index (χ3n) is 4.85. The van der Waals surface area contributed by atoms with E-state index in [1.807, 2.05) is 53.4 Å². The zero-order valence-corrected chi connectivity index (χ0v) is 17.8. The minimum atomic E-state index is 0.0570. The maximum absolute atomic E-state index is 12.5. The molecule has 0 aliphatic carbocycles. The number of halogens is 1. The van der Waals surface area contributed by atoms with E-state index in [1.54, 1.807) is 20.3 Å². The van der Waals surface area contributed by atoms with Crippen molar-refractivity contribution < 1.29 is 14.3 Å². The summed E-state index contributed by atoms with van der Waals surface area (Å²) in [6, 6.07) is 13.7. The van der Waals surface area contributed by atoms with Crippen molar-refractivity contribution in [1.82, 2.24) is 9.80 Å².